The number of rotatable bonds is 7. The Morgan fingerprint density at radius 3 is 2.57 bits per heavy atom. The van der Waals surface area contributed by atoms with Crippen molar-refractivity contribution in [2.75, 3.05) is 0 Å². The van der Waals surface area contributed by atoms with Crippen molar-refractivity contribution < 1.29 is 19.4 Å². The number of esters is 1. The van der Waals surface area contributed by atoms with Crippen LogP contribution in [0.4, 0.5) is 0 Å². The molecule has 0 amide bonds. The van der Waals surface area contributed by atoms with E-state index in [0.717, 1.165) is 19.3 Å². The monoisotopic (exact) mass is 298 g/mol. The van der Waals surface area contributed by atoms with E-state index in [1.807, 2.05) is 6.92 Å². The van der Waals surface area contributed by atoms with Crippen LogP contribution in [0.15, 0.2) is 0 Å². The van der Waals surface area contributed by atoms with Crippen molar-refractivity contribution in [1.29, 1.82) is 0 Å². The summed E-state index contributed by atoms with van der Waals surface area (Å²) in [6.07, 6.45) is 4.99. The zero-order valence-electron chi connectivity index (χ0n) is 13.9. The van der Waals surface area contributed by atoms with Gasteiger partial charge in [-0.15, -0.1) is 0 Å². The fourth-order valence-electron chi connectivity index (χ4n) is 4.13. The van der Waals surface area contributed by atoms with Gasteiger partial charge in [0.05, 0.1) is 12.0 Å². The molecule has 0 radical (unpaired) electrons. The Morgan fingerprint density at radius 1 is 1.33 bits per heavy atom. The van der Waals surface area contributed by atoms with Crippen LogP contribution in [0, 0.1) is 5.92 Å². The summed E-state index contributed by atoms with van der Waals surface area (Å²) in [5.74, 6) is 0.257. The third-order valence-electron chi connectivity index (χ3n) is 5.43. The molecule has 2 saturated heterocycles. The van der Waals surface area contributed by atoms with Crippen LogP contribution in [0.1, 0.15) is 72.6 Å². The van der Waals surface area contributed by atoms with Crippen LogP contribution in [0.5, 0.6) is 0 Å². The van der Waals surface area contributed by atoms with Crippen molar-refractivity contribution in [1.82, 2.24) is 0 Å². The minimum absolute atomic E-state index is 0.246. The molecule has 2 fully saturated rings. The minimum Gasteiger partial charge on any atom is -0.453 e. The van der Waals surface area contributed by atoms with Crippen molar-refractivity contribution in [3.8, 4) is 0 Å². The van der Waals surface area contributed by atoms with Gasteiger partial charge in [-0.25, -0.2) is 0 Å². The van der Waals surface area contributed by atoms with Gasteiger partial charge in [0.2, 0.25) is 0 Å². The van der Waals surface area contributed by atoms with E-state index in [4.69, 9.17) is 9.47 Å². The zero-order valence-corrected chi connectivity index (χ0v) is 13.9. The molecule has 21 heavy (non-hydrogen) atoms. The molecule has 2 rings (SSSR count). The first-order chi connectivity index (χ1) is 9.94. The van der Waals surface area contributed by atoms with E-state index in [-0.39, 0.29) is 18.5 Å². The molecule has 0 spiro atoms. The predicted molar refractivity (Wildman–Crippen MR) is 80.9 cm³/mol. The average Bonchev–Trinajstić information content (AvgIpc) is 2.89. The van der Waals surface area contributed by atoms with Crippen LogP contribution >= 0.6 is 0 Å². The first kappa shape index (κ1) is 16.8. The number of fused-ring (bicyclic) bond motifs is 1. The second-order valence-corrected chi connectivity index (χ2v) is 6.87. The van der Waals surface area contributed by atoms with Crippen LogP contribution < -0.4 is 0 Å². The van der Waals surface area contributed by atoms with Gasteiger partial charge in [-0.1, -0.05) is 47.0 Å². The number of carbonyl (C=O) groups excluding carboxylic acids is 1. The lowest BCUT2D eigenvalue weighted by molar-refractivity contribution is -0.162. The third-order valence-corrected chi connectivity index (χ3v) is 5.43. The largest absolute Gasteiger partial charge is 0.453 e. The maximum Gasteiger partial charge on any atom is 0.309 e. The number of aliphatic hydroxyl groups excluding tert-OH is 1. The molecule has 2 aliphatic rings. The van der Waals surface area contributed by atoms with Crippen molar-refractivity contribution in [3.05, 3.63) is 0 Å². The summed E-state index contributed by atoms with van der Waals surface area (Å²) in [5, 5.41) is 11.0. The second-order valence-electron chi connectivity index (χ2n) is 6.87. The van der Waals surface area contributed by atoms with E-state index in [9.17, 15) is 9.90 Å². The molecule has 0 aromatic carbocycles. The smallest absolute Gasteiger partial charge is 0.309 e. The lowest BCUT2D eigenvalue weighted by Gasteiger charge is -2.37. The fraction of sp³-hybridized carbons (Fsp3) is 0.941. The molecular weight excluding hydrogens is 268 g/mol. The van der Waals surface area contributed by atoms with Gasteiger partial charge < -0.3 is 14.6 Å². The zero-order chi connectivity index (χ0) is 15.7. The van der Waals surface area contributed by atoms with E-state index in [1.165, 1.54) is 12.8 Å². The summed E-state index contributed by atoms with van der Waals surface area (Å²) in [6.45, 7) is 8.44. The van der Waals surface area contributed by atoms with Crippen molar-refractivity contribution in [2.24, 2.45) is 5.92 Å². The van der Waals surface area contributed by atoms with E-state index >= 15 is 0 Å². The molecule has 4 nitrogen and oxygen atoms in total. The highest BCUT2D eigenvalue weighted by atomic mass is 16.6. The van der Waals surface area contributed by atoms with E-state index in [2.05, 4.69) is 20.8 Å². The number of hydrogen-bond acceptors (Lipinski definition) is 4. The first-order valence-electron chi connectivity index (χ1n) is 8.51. The molecule has 0 aliphatic carbocycles. The summed E-state index contributed by atoms with van der Waals surface area (Å²) < 4.78 is 11.8. The molecule has 122 valence electrons. The number of aliphatic hydroxyl groups is 1. The van der Waals surface area contributed by atoms with Gasteiger partial charge in [-0.2, -0.15) is 0 Å². The molecule has 0 saturated carbocycles. The molecular formula is C17H30O4. The quantitative estimate of drug-likeness (QED) is 0.733. The topological polar surface area (TPSA) is 55.8 Å². The third kappa shape index (κ3) is 2.72. The molecule has 1 N–H and O–H groups in total. The Labute approximate surface area is 128 Å². The maximum absolute atomic E-state index is 11.6. The van der Waals surface area contributed by atoms with Crippen LogP contribution in [0.3, 0.4) is 0 Å². The van der Waals surface area contributed by atoms with Crippen molar-refractivity contribution >= 4 is 5.97 Å². The Kier molecular flexibility index (Phi) is 4.99. The summed E-state index contributed by atoms with van der Waals surface area (Å²) in [6, 6.07) is 0. The Balaban J connectivity index is 2.16. The Morgan fingerprint density at radius 2 is 2.05 bits per heavy atom. The molecule has 4 heteroatoms. The molecule has 5 atom stereocenters. The summed E-state index contributed by atoms with van der Waals surface area (Å²) in [7, 11) is 0. The van der Waals surface area contributed by atoms with Crippen LogP contribution in [0.25, 0.3) is 0 Å². The highest BCUT2D eigenvalue weighted by molar-refractivity contribution is 5.74. The highest BCUT2D eigenvalue weighted by Crippen LogP contribution is 2.51. The van der Waals surface area contributed by atoms with Crippen molar-refractivity contribution in [2.45, 2.75) is 96.1 Å². The molecule has 2 heterocycles. The van der Waals surface area contributed by atoms with Gasteiger partial charge in [0, 0.05) is 0 Å². The number of carbonyl (C=O) groups is 1. The SMILES string of the molecule is CCCCC(C)C[C@]1(CC)O[C@H]2CC(=O)O[C@@]2(CC)[C@H]1O. The van der Waals surface area contributed by atoms with E-state index < -0.39 is 17.3 Å². The number of ether oxygens (including phenoxy) is 2. The molecule has 1 unspecified atom stereocenters. The Hall–Kier alpha value is -0.610. The number of hydrogen-bond donors (Lipinski definition) is 1. The normalized spacial score (nSPS) is 40.1. The first-order valence-corrected chi connectivity index (χ1v) is 8.51. The summed E-state index contributed by atoms with van der Waals surface area (Å²) >= 11 is 0. The van der Waals surface area contributed by atoms with Crippen molar-refractivity contribution in [3.63, 3.8) is 0 Å². The fourth-order valence-corrected chi connectivity index (χ4v) is 4.13. The highest BCUT2D eigenvalue weighted by Gasteiger charge is 2.67. The summed E-state index contributed by atoms with van der Waals surface area (Å²) in [5.41, 5.74) is -1.38. The van der Waals surface area contributed by atoms with Crippen LogP contribution in [-0.4, -0.2) is 34.5 Å². The van der Waals surface area contributed by atoms with Gasteiger partial charge in [0.1, 0.15) is 12.2 Å². The average molecular weight is 298 g/mol. The predicted octanol–water partition coefficient (Wildman–Crippen LogP) is 3.21. The van der Waals surface area contributed by atoms with Crippen LogP contribution in [0.2, 0.25) is 0 Å². The molecule has 2 aliphatic heterocycles. The van der Waals surface area contributed by atoms with E-state index in [0.29, 0.717) is 12.3 Å². The van der Waals surface area contributed by atoms with Gasteiger partial charge in [-0.05, 0) is 25.2 Å². The van der Waals surface area contributed by atoms with Crippen LogP contribution in [-0.2, 0) is 14.3 Å². The standard InChI is InChI=1S/C17H30O4/c1-5-8-9-12(4)11-16(6-2)15(19)17(7-3)13(20-16)10-14(18)21-17/h12-13,15,19H,5-11H2,1-4H3/t12?,13-,15-,16-,17+/m0/s1. The molecule has 0 aromatic heterocycles. The van der Waals surface area contributed by atoms with Gasteiger partial charge in [-0.3, -0.25) is 4.79 Å². The van der Waals surface area contributed by atoms with Gasteiger partial charge >= 0.3 is 5.97 Å². The second kappa shape index (κ2) is 6.25. The summed E-state index contributed by atoms with van der Waals surface area (Å²) in [4.78, 5) is 11.6. The Bertz CT molecular complexity index is 383. The maximum atomic E-state index is 11.6. The minimum atomic E-state index is -0.822. The molecule has 0 bridgehead atoms. The number of unbranched alkanes of at least 4 members (excludes halogenated alkanes) is 1. The lowest BCUT2D eigenvalue weighted by Crippen LogP contribution is -2.51. The van der Waals surface area contributed by atoms with Gasteiger partial charge in [0.15, 0.2) is 5.60 Å². The lowest BCUT2D eigenvalue weighted by atomic mass is 9.76. The van der Waals surface area contributed by atoms with E-state index in [1.54, 1.807) is 0 Å². The molecule has 0 aromatic rings. The van der Waals surface area contributed by atoms with Gasteiger partial charge in [0.25, 0.3) is 0 Å².